The van der Waals surface area contributed by atoms with Crippen molar-refractivity contribution in [2.75, 3.05) is 19.7 Å². The van der Waals surface area contributed by atoms with E-state index in [1.807, 2.05) is 30.3 Å². The molecule has 0 aromatic heterocycles. The molecule has 1 N–H and O–H groups in total. The number of hydrogen-bond donors (Lipinski definition) is 1. The Bertz CT molecular complexity index is 1020. The maximum atomic E-state index is 13.3. The van der Waals surface area contributed by atoms with Crippen LogP contribution in [0.15, 0.2) is 48.5 Å². The van der Waals surface area contributed by atoms with Crippen molar-refractivity contribution in [2.45, 2.75) is 63.1 Å². The van der Waals surface area contributed by atoms with E-state index in [9.17, 15) is 31.1 Å². The van der Waals surface area contributed by atoms with Crippen molar-refractivity contribution in [2.24, 2.45) is 5.92 Å². The van der Waals surface area contributed by atoms with Crippen molar-refractivity contribution in [3.63, 3.8) is 0 Å². The molecule has 0 spiro atoms. The van der Waals surface area contributed by atoms with Gasteiger partial charge in [-0.2, -0.15) is 26.3 Å². The summed E-state index contributed by atoms with van der Waals surface area (Å²) in [4.78, 5) is 14.7. The predicted octanol–water partition coefficient (Wildman–Crippen LogP) is 6.36. The molecular formula is C27H30F6N2O2. The highest BCUT2D eigenvalue weighted by Gasteiger charge is 2.39. The van der Waals surface area contributed by atoms with Crippen LogP contribution in [0.3, 0.4) is 0 Å². The predicted molar refractivity (Wildman–Crippen MR) is 125 cm³/mol. The largest absolute Gasteiger partial charge is 0.416 e. The Balaban J connectivity index is 1.57. The minimum Gasteiger partial charge on any atom is -0.375 e. The van der Waals surface area contributed by atoms with E-state index in [-0.39, 0.29) is 42.1 Å². The molecule has 0 radical (unpaired) electrons. The summed E-state index contributed by atoms with van der Waals surface area (Å²) < 4.78 is 85.4. The first kappa shape index (κ1) is 27.4. The fourth-order valence-corrected chi connectivity index (χ4v) is 5.38. The monoisotopic (exact) mass is 528 g/mol. The van der Waals surface area contributed by atoms with E-state index in [2.05, 4.69) is 5.32 Å². The third kappa shape index (κ3) is 6.84. The number of amides is 1. The quantitative estimate of drug-likeness (QED) is 0.425. The van der Waals surface area contributed by atoms with Crippen LogP contribution in [0.5, 0.6) is 0 Å². The first-order valence-electron chi connectivity index (χ1n) is 12.5. The number of hydrogen-bond acceptors (Lipinski definition) is 3. The molecule has 2 saturated heterocycles. The SMILES string of the molecule is O=C1CCCCN1C(COCc1cc(C(F)(F)F)cc(C(F)(F)F)c1)[C@H]1CCCN[C@@H]1c1ccccc1. The van der Waals surface area contributed by atoms with E-state index in [0.29, 0.717) is 25.1 Å². The van der Waals surface area contributed by atoms with E-state index in [1.165, 1.54) is 0 Å². The summed E-state index contributed by atoms with van der Waals surface area (Å²) in [7, 11) is 0. The molecule has 2 fully saturated rings. The van der Waals surface area contributed by atoms with Crippen LogP contribution >= 0.6 is 0 Å². The van der Waals surface area contributed by atoms with Crippen LogP contribution in [0.1, 0.15) is 60.4 Å². The first-order chi connectivity index (χ1) is 17.5. The number of rotatable bonds is 7. The lowest BCUT2D eigenvalue weighted by Gasteiger charge is -2.44. The fourth-order valence-electron chi connectivity index (χ4n) is 5.38. The molecule has 0 aliphatic carbocycles. The Labute approximate surface area is 212 Å². The Morgan fingerprint density at radius 2 is 1.62 bits per heavy atom. The smallest absolute Gasteiger partial charge is 0.375 e. The second kappa shape index (κ2) is 11.4. The van der Waals surface area contributed by atoms with Gasteiger partial charge in [-0.3, -0.25) is 4.79 Å². The van der Waals surface area contributed by atoms with Gasteiger partial charge in [0.2, 0.25) is 5.91 Å². The van der Waals surface area contributed by atoms with Crippen molar-refractivity contribution in [3.8, 4) is 0 Å². The van der Waals surface area contributed by atoms with E-state index in [0.717, 1.165) is 37.8 Å². The Morgan fingerprint density at radius 1 is 0.946 bits per heavy atom. The summed E-state index contributed by atoms with van der Waals surface area (Å²) >= 11 is 0. The molecule has 2 heterocycles. The number of carbonyl (C=O) groups excluding carboxylic acids is 1. The van der Waals surface area contributed by atoms with E-state index in [1.54, 1.807) is 4.90 Å². The van der Waals surface area contributed by atoms with Crippen molar-refractivity contribution in [1.82, 2.24) is 10.2 Å². The molecule has 1 unspecified atom stereocenters. The van der Waals surface area contributed by atoms with Gasteiger partial charge < -0.3 is 15.0 Å². The highest BCUT2D eigenvalue weighted by molar-refractivity contribution is 5.77. The van der Waals surface area contributed by atoms with Crippen LogP contribution in [0, 0.1) is 5.92 Å². The van der Waals surface area contributed by atoms with Crippen molar-refractivity contribution in [3.05, 3.63) is 70.8 Å². The number of carbonyl (C=O) groups is 1. The van der Waals surface area contributed by atoms with Crippen LogP contribution in [-0.4, -0.2) is 36.5 Å². The van der Waals surface area contributed by atoms with Crippen LogP contribution < -0.4 is 5.32 Å². The molecular weight excluding hydrogens is 498 g/mol. The molecule has 2 aromatic rings. The third-order valence-electron chi connectivity index (χ3n) is 7.12. The Hall–Kier alpha value is -2.59. The lowest BCUT2D eigenvalue weighted by molar-refractivity contribution is -0.144. The number of piperidine rings is 2. The molecule has 10 heteroatoms. The molecule has 2 aliphatic heterocycles. The number of nitrogens with zero attached hydrogens (tertiary/aromatic N) is 1. The van der Waals surface area contributed by atoms with E-state index < -0.39 is 30.1 Å². The average molecular weight is 529 g/mol. The van der Waals surface area contributed by atoms with Gasteiger partial charge >= 0.3 is 12.4 Å². The molecule has 0 bridgehead atoms. The van der Waals surface area contributed by atoms with Gasteiger partial charge in [-0.05, 0) is 61.6 Å². The highest BCUT2D eigenvalue weighted by atomic mass is 19.4. The Morgan fingerprint density at radius 3 is 2.24 bits per heavy atom. The van der Waals surface area contributed by atoms with Crippen LogP contribution in [0.4, 0.5) is 26.3 Å². The van der Waals surface area contributed by atoms with Gasteiger partial charge in [0.25, 0.3) is 0 Å². The van der Waals surface area contributed by atoms with Gasteiger partial charge in [-0.1, -0.05) is 30.3 Å². The molecule has 4 nitrogen and oxygen atoms in total. The molecule has 3 atom stereocenters. The second-order valence-corrected chi connectivity index (χ2v) is 9.69. The van der Waals surface area contributed by atoms with E-state index in [4.69, 9.17) is 4.74 Å². The van der Waals surface area contributed by atoms with Gasteiger partial charge in [0.05, 0.1) is 30.4 Å². The van der Waals surface area contributed by atoms with Crippen molar-refractivity contribution in [1.29, 1.82) is 0 Å². The molecule has 37 heavy (non-hydrogen) atoms. The third-order valence-corrected chi connectivity index (χ3v) is 7.12. The zero-order valence-electron chi connectivity index (χ0n) is 20.2. The molecule has 1 amide bonds. The summed E-state index contributed by atoms with van der Waals surface area (Å²) in [5, 5.41) is 3.53. The number of likely N-dealkylation sites (tertiary alicyclic amines) is 1. The number of nitrogens with one attached hydrogen (secondary N) is 1. The lowest BCUT2D eigenvalue weighted by atomic mass is 9.80. The van der Waals surface area contributed by atoms with Gasteiger partial charge in [0, 0.05) is 24.9 Å². The maximum absolute atomic E-state index is 13.3. The minimum absolute atomic E-state index is 0.00402. The van der Waals surface area contributed by atoms with Gasteiger partial charge in [-0.15, -0.1) is 0 Å². The van der Waals surface area contributed by atoms with Crippen molar-refractivity contribution < 1.29 is 35.9 Å². The highest BCUT2D eigenvalue weighted by Crippen LogP contribution is 2.38. The molecule has 2 aliphatic rings. The fraction of sp³-hybridized carbons (Fsp3) is 0.519. The number of halogens is 6. The Kier molecular flexibility index (Phi) is 8.48. The summed E-state index contributed by atoms with van der Waals surface area (Å²) in [5.41, 5.74) is -1.89. The number of benzene rings is 2. The average Bonchev–Trinajstić information content (AvgIpc) is 2.87. The topological polar surface area (TPSA) is 41.6 Å². The normalized spacial score (nSPS) is 22.2. The lowest BCUT2D eigenvalue weighted by Crippen LogP contribution is -2.53. The minimum atomic E-state index is -4.92. The van der Waals surface area contributed by atoms with Crippen LogP contribution in [0.2, 0.25) is 0 Å². The van der Waals surface area contributed by atoms with Crippen LogP contribution in [-0.2, 0) is 28.5 Å². The van der Waals surface area contributed by atoms with Gasteiger partial charge in [0.1, 0.15) is 0 Å². The summed E-state index contributed by atoms with van der Waals surface area (Å²) in [6.07, 6.45) is -6.11. The number of alkyl halides is 6. The van der Waals surface area contributed by atoms with Crippen LogP contribution in [0.25, 0.3) is 0 Å². The summed E-state index contributed by atoms with van der Waals surface area (Å²) in [6.45, 7) is 0.940. The molecule has 202 valence electrons. The first-order valence-corrected chi connectivity index (χ1v) is 12.5. The molecule has 0 saturated carbocycles. The summed E-state index contributed by atoms with van der Waals surface area (Å²) in [6, 6.07) is 10.9. The van der Waals surface area contributed by atoms with Crippen molar-refractivity contribution >= 4 is 5.91 Å². The van der Waals surface area contributed by atoms with E-state index >= 15 is 0 Å². The zero-order chi connectivity index (χ0) is 26.6. The zero-order valence-corrected chi connectivity index (χ0v) is 20.2. The molecule has 4 rings (SSSR count). The second-order valence-electron chi connectivity index (χ2n) is 9.69. The number of ether oxygens (including phenoxy) is 1. The standard InChI is InChI=1S/C27H30F6N2O2/c28-26(29,30)20-13-18(14-21(15-20)27(31,32)33)16-37-17-23(35-12-5-4-10-24(35)36)22-9-6-11-34-25(22)19-7-2-1-3-8-19/h1-3,7-8,13-15,22-23,25,34H,4-6,9-12,16-17H2/t22-,23?,25-/m1/s1. The molecule has 2 aromatic carbocycles. The van der Waals surface area contributed by atoms with Gasteiger partial charge in [0.15, 0.2) is 0 Å². The summed E-state index contributed by atoms with van der Waals surface area (Å²) in [5.74, 6) is -0.0268. The van der Waals surface area contributed by atoms with Gasteiger partial charge in [-0.25, -0.2) is 0 Å². The maximum Gasteiger partial charge on any atom is 0.416 e.